The number of nitrogens with one attached hydrogen (secondary N) is 1. The highest BCUT2D eigenvalue weighted by Crippen LogP contribution is 2.37. The number of carbonyl (C=O) groups excluding carboxylic acids is 2. The van der Waals surface area contributed by atoms with Crippen molar-refractivity contribution in [2.45, 2.75) is 19.5 Å². The van der Waals surface area contributed by atoms with Gasteiger partial charge in [-0.15, -0.1) is 11.3 Å². The fraction of sp³-hybridized carbons (Fsp3) is 0.0909. The third kappa shape index (κ3) is 6.25. The summed E-state index contributed by atoms with van der Waals surface area (Å²) in [5, 5.41) is 5.58. The number of amides is 2. The number of thiophene rings is 1. The first-order chi connectivity index (χ1) is 18.7. The molecular formula is C33H28N2O2S. The average molecular weight is 517 g/mol. The van der Waals surface area contributed by atoms with Gasteiger partial charge in [-0.2, -0.15) is 0 Å². The normalized spacial score (nSPS) is 10.6. The van der Waals surface area contributed by atoms with Crippen LogP contribution in [0.5, 0.6) is 0 Å². The molecule has 0 unspecified atom stereocenters. The molecule has 5 rings (SSSR count). The fourth-order valence-electron chi connectivity index (χ4n) is 4.41. The molecule has 188 valence electrons. The van der Waals surface area contributed by atoms with Gasteiger partial charge in [-0.25, -0.2) is 0 Å². The minimum absolute atomic E-state index is 0.118. The summed E-state index contributed by atoms with van der Waals surface area (Å²) in [4.78, 5) is 29.2. The molecule has 0 radical (unpaired) electrons. The van der Waals surface area contributed by atoms with E-state index in [1.165, 1.54) is 11.3 Å². The van der Waals surface area contributed by atoms with Gasteiger partial charge in [0.05, 0.1) is 12.0 Å². The van der Waals surface area contributed by atoms with Crippen molar-refractivity contribution in [1.29, 1.82) is 0 Å². The molecule has 0 atom stereocenters. The molecule has 5 aromatic rings. The van der Waals surface area contributed by atoms with E-state index in [0.29, 0.717) is 23.7 Å². The van der Waals surface area contributed by atoms with Gasteiger partial charge in [0.1, 0.15) is 5.00 Å². The first-order valence-corrected chi connectivity index (χ1v) is 13.4. The molecule has 4 nitrogen and oxygen atoms in total. The molecule has 0 aliphatic heterocycles. The summed E-state index contributed by atoms with van der Waals surface area (Å²) in [6, 6.07) is 39.5. The predicted octanol–water partition coefficient (Wildman–Crippen LogP) is 7.44. The monoisotopic (exact) mass is 516 g/mol. The van der Waals surface area contributed by atoms with Gasteiger partial charge in [0.2, 0.25) is 5.91 Å². The minimum Gasteiger partial charge on any atom is -0.330 e. The van der Waals surface area contributed by atoms with Crippen molar-refractivity contribution in [2.24, 2.45) is 0 Å². The third-order valence-corrected chi connectivity index (χ3v) is 7.17. The van der Waals surface area contributed by atoms with Crippen LogP contribution in [-0.2, 0) is 24.3 Å². The lowest BCUT2D eigenvalue weighted by molar-refractivity contribution is -0.115. The Hall–Kier alpha value is -4.48. The zero-order valence-corrected chi connectivity index (χ0v) is 21.7. The van der Waals surface area contributed by atoms with E-state index < -0.39 is 0 Å². The van der Waals surface area contributed by atoms with Crippen molar-refractivity contribution in [1.82, 2.24) is 4.90 Å². The quantitative estimate of drug-likeness (QED) is 0.221. The SMILES string of the molecule is O=C(Cc1ccccc1)Nc1scc(-c2ccccc2)c1C(=O)N(Cc1ccccc1)Cc1ccccc1. The lowest BCUT2D eigenvalue weighted by Crippen LogP contribution is -2.31. The summed E-state index contributed by atoms with van der Waals surface area (Å²) in [5.41, 5.74) is 5.30. The lowest BCUT2D eigenvalue weighted by atomic mass is 10.0. The van der Waals surface area contributed by atoms with E-state index >= 15 is 0 Å². The van der Waals surface area contributed by atoms with Crippen LogP contribution in [0.3, 0.4) is 0 Å². The van der Waals surface area contributed by atoms with Crippen LogP contribution in [0.25, 0.3) is 11.1 Å². The molecule has 0 saturated carbocycles. The van der Waals surface area contributed by atoms with E-state index in [0.717, 1.165) is 27.8 Å². The van der Waals surface area contributed by atoms with Crippen molar-refractivity contribution in [2.75, 3.05) is 5.32 Å². The van der Waals surface area contributed by atoms with Crippen molar-refractivity contribution in [3.05, 3.63) is 149 Å². The Balaban J connectivity index is 1.51. The molecule has 0 bridgehead atoms. The topological polar surface area (TPSA) is 49.4 Å². The Bertz CT molecular complexity index is 1440. The molecule has 1 N–H and O–H groups in total. The summed E-state index contributed by atoms with van der Waals surface area (Å²) in [5.74, 6) is -0.266. The van der Waals surface area contributed by atoms with Crippen molar-refractivity contribution in [3.63, 3.8) is 0 Å². The molecule has 2 amide bonds. The summed E-state index contributed by atoms with van der Waals surface area (Å²) in [6.07, 6.45) is 0.241. The summed E-state index contributed by atoms with van der Waals surface area (Å²) < 4.78 is 0. The van der Waals surface area contributed by atoms with Crippen molar-refractivity contribution >= 4 is 28.2 Å². The van der Waals surface area contributed by atoms with Gasteiger partial charge in [0, 0.05) is 24.0 Å². The van der Waals surface area contributed by atoms with Gasteiger partial charge >= 0.3 is 0 Å². The molecule has 0 aliphatic carbocycles. The zero-order valence-electron chi connectivity index (χ0n) is 20.9. The van der Waals surface area contributed by atoms with E-state index in [1.807, 2.05) is 132 Å². The Labute approximate surface area is 227 Å². The van der Waals surface area contributed by atoms with E-state index in [-0.39, 0.29) is 18.2 Å². The Kier molecular flexibility index (Phi) is 8.07. The molecule has 0 fully saturated rings. The molecular weight excluding hydrogens is 488 g/mol. The average Bonchev–Trinajstić information content (AvgIpc) is 3.37. The van der Waals surface area contributed by atoms with Gasteiger partial charge in [0.15, 0.2) is 0 Å². The van der Waals surface area contributed by atoms with Crippen LogP contribution in [0.1, 0.15) is 27.0 Å². The molecule has 0 saturated heterocycles. The highest BCUT2D eigenvalue weighted by Gasteiger charge is 2.26. The number of nitrogens with zero attached hydrogens (tertiary/aromatic N) is 1. The van der Waals surface area contributed by atoms with Crippen LogP contribution in [0, 0.1) is 0 Å². The molecule has 0 aliphatic rings. The molecule has 1 aromatic heterocycles. The maximum absolute atomic E-state index is 14.4. The number of anilines is 1. The second-order valence-electron chi connectivity index (χ2n) is 9.06. The van der Waals surface area contributed by atoms with Gasteiger partial charge < -0.3 is 10.2 Å². The van der Waals surface area contributed by atoms with Gasteiger partial charge in [-0.1, -0.05) is 121 Å². The Morgan fingerprint density at radius 3 is 1.63 bits per heavy atom. The van der Waals surface area contributed by atoms with Crippen LogP contribution >= 0.6 is 11.3 Å². The first-order valence-electron chi connectivity index (χ1n) is 12.5. The molecule has 5 heteroatoms. The van der Waals surface area contributed by atoms with E-state index in [1.54, 1.807) is 0 Å². The third-order valence-electron chi connectivity index (χ3n) is 6.27. The van der Waals surface area contributed by atoms with Crippen LogP contribution < -0.4 is 5.32 Å². The largest absolute Gasteiger partial charge is 0.330 e. The highest BCUT2D eigenvalue weighted by atomic mass is 32.1. The van der Waals surface area contributed by atoms with Gasteiger partial charge in [-0.3, -0.25) is 9.59 Å². The predicted molar refractivity (Wildman–Crippen MR) is 155 cm³/mol. The molecule has 4 aromatic carbocycles. The van der Waals surface area contributed by atoms with E-state index in [4.69, 9.17) is 0 Å². The highest BCUT2D eigenvalue weighted by molar-refractivity contribution is 7.15. The smallest absolute Gasteiger partial charge is 0.258 e. The zero-order chi connectivity index (χ0) is 26.2. The fourth-order valence-corrected chi connectivity index (χ4v) is 5.39. The maximum Gasteiger partial charge on any atom is 0.258 e. The summed E-state index contributed by atoms with van der Waals surface area (Å²) in [6.45, 7) is 0.909. The molecule has 0 spiro atoms. The summed E-state index contributed by atoms with van der Waals surface area (Å²) in [7, 11) is 0. The van der Waals surface area contributed by atoms with Crippen molar-refractivity contribution in [3.8, 4) is 11.1 Å². The van der Waals surface area contributed by atoms with Crippen LogP contribution in [0.15, 0.2) is 127 Å². The van der Waals surface area contributed by atoms with Crippen LogP contribution in [0.2, 0.25) is 0 Å². The second-order valence-corrected chi connectivity index (χ2v) is 9.94. The maximum atomic E-state index is 14.4. The van der Waals surface area contributed by atoms with Crippen LogP contribution in [-0.4, -0.2) is 16.7 Å². The standard InChI is InChI=1S/C33H28N2O2S/c36-30(21-25-13-5-1-6-14-25)34-32-31(29(24-38-32)28-19-11-4-12-20-28)33(37)35(22-26-15-7-2-8-16-26)23-27-17-9-3-10-18-27/h1-20,24H,21-23H2,(H,34,36). The number of carbonyl (C=O) groups is 2. The Morgan fingerprint density at radius 1 is 0.632 bits per heavy atom. The van der Waals surface area contributed by atoms with E-state index in [2.05, 4.69) is 5.32 Å². The van der Waals surface area contributed by atoms with E-state index in [9.17, 15) is 9.59 Å². The number of hydrogen-bond acceptors (Lipinski definition) is 3. The van der Waals surface area contributed by atoms with Crippen molar-refractivity contribution < 1.29 is 9.59 Å². The van der Waals surface area contributed by atoms with Crippen LogP contribution in [0.4, 0.5) is 5.00 Å². The second kappa shape index (κ2) is 12.2. The molecule has 38 heavy (non-hydrogen) atoms. The Morgan fingerprint density at radius 2 is 1.11 bits per heavy atom. The number of benzene rings is 4. The number of hydrogen-bond donors (Lipinski definition) is 1. The summed E-state index contributed by atoms with van der Waals surface area (Å²) >= 11 is 1.39. The lowest BCUT2D eigenvalue weighted by Gasteiger charge is -2.24. The minimum atomic E-state index is -0.149. The number of rotatable bonds is 9. The van der Waals surface area contributed by atoms with Gasteiger partial charge in [-0.05, 0) is 22.3 Å². The molecule has 1 heterocycles. The first kappa shape index (κ1) is 25.2. The van der Waals surface area contributed by atoms with Gasteiger partial charge in [0.25, 0.3) is 5.91 Å².